The average Bonchev–Trinajstić information content (AvgIpc) is 2.99. The van der Waals surface area contributed by atoms with E-state index in [1.54, 1.807) is 23.3 Å². The first kappa shape index (κ1) is 13.8. The van der Waals surface area contributed by atoms with Gasteiger partial charge in [0.1, 0.15) is 5.76 Å². The van der Waals surface area contributed by atoms with Crippen LogP contribution >= 0.6 is 0 Å². The molecule has 2 aromatic heterocycles. The first-order valence-corrected chi connectivity index (χ1v) is 7.25. The van der Waals surface area contributed by atoms with Crippen molar-refractivity contribution >= 4 is 5.91 Å². The van der Waals surface area contributed by atoms with Gasteiger partial charge in [-0.1, -0.05) is 19.0 Å². The molecule has 1 N–H and O–H groups in total. The molecule has 3 rings (SSSR count). The summed E-state index contributed by atoms with van der Waals surface area (Å²) >= 11 is 0. The van der Waals surface area contributed by atoms with E-state index >= 15 is 0 Å². The highest BCUT2D eigenvalue weighted by molar-refractivity contribution is 5.92. The fourth-order valence-corrected chi connectivity index (χ4v) is 2.14. The molecule has 21 heavy (non-hydrogen) atoms. The quantitative estimate of drug-likeness (QED) is 0.873. The van der Waals surface area contributed by atoms with Crippen molar-refractivity contribution in [2.45, 2.75) is 45.2 Å². The molecule has 0 aromatic carbocycles. The minimum atomic E-state index is -0.212. The molecule has 1 aliphatic carbocycles. The van der Waals surface area contributed by atoms with Gasteiger partial charge in [0.25, 0.3) is 5.91 Å². The molecule has 1 aliphatic rings. The molecule has 0 aliphatic heterocycles. The van der Waals surface area contributed by atoms with Crippen molar-refractivity contribution in [3.8, 4) is 0 Å². The van der Waals surface area contributed by atoms with E-state index in [2.05, 4.69) is 20.7 Å². The van der Waals surface area contributed by atoms with Crippen LogP contribution in [0.15, 0.2) is 23.0 Å². The van der Waals surface area contributed by atoms with Gasteiger partial charge in [-0.05, 0) is 18.8 Å². The van der Waals surface area contributed by atoms with Crippen LogP contribution in [0.2, 0.25) is 0 Å². The molecule has 1 atom stereocenters. The molecule has 1 saturated carbocycles. The van der Waals surface area contributed by atoms with E-state index in [1.165, 1.54) is 0 Å². The number of amides is 1. The summed E-state index contributed by atoms with van der Waals surface area (Å²) in [4.78, 5) is 13.8. The number of nitrogens with zero attached hydrogens (tertiary/aromatic N) is 4. The summed E-state index contributed by atoms with van der Waals surface area (Å²) in [7, 11) is 0. The van der Waals surface area contributed by atoms with Crippen LogP contribution < -0.4 is 5.32 Å². The van der Waals surface area contributed by atoms with Crippen molar-refractivity contribution in [2.24, 2.45) is 5.92 Å². The Morgan fingerprint density at radius 3 is 2.76 bits per heavy atom. The van der Waals surface area contributed by atoms with E-state index < -0.39 is 0 Å². The molecule has 0 radical (unpaired) electrons. The maximum absolute atomic E-state index is 12.3. The van der Waals surface area contributed by atoms with Gasteiger partial charge in [0.2, 0.25) is 0 Å². The average molecular weight is 289 g/mol. The summed E-state index contributed by atoms with van der Waals surface area (Å²) in [5.74, 6) is 1.31. The Morgan fingerprint density at radius 2 is 2.14 bits per heavy atom. The standard InChI is InChI=1S/C14H19N5O2/c1-9(2)12(8-19-15-5-6-16-19)17-14(20)11-7-13(21-18-11)10-3-4-10/h5-7,9-10,12H,3-4,8H2,1-2H3,(H,17,20). The van der Waals surface area contributed by atoms with Crippen molar-refractivity contribution in [1.29, 1.82) is 0 Å². The van der Waals surface area contributed by atoms with Crippen LogP contribution in [0.5, 0.6) is 0 Å². The lowest BCUT2D eigenvalue weighted by Crippen LogP contribution is -2.42. The number of rotatable bonds is 6. The molecule has 1 fully saturated rings. The zero-order valence-electron chi connectivity index (χ0n) is 12.2. The van der Waals surface area contributed by atoms with Crippen molar-refractivity contribution in [1.82, 2.24) is 25.5 Å². The van der Waals surface area contributed by atoms with Crippen molar-refractivity contribution in [3.63, 3.8) is 0 Å². The smallest absolute Gasteiger partial charge is 0.273 e. The summed E-state index contributed by atoms with van der Waals surface area (Å²) in [6.45, 7) is 4.63. The van der Waals surface area contributed by atoms with Gasteiger partial charge in [-0.3, -0.25) is 4.79 Å². The second kappa shape index (κ2) is 5.67. The Morgan fingerprint density at radius 1 is 1.43 bits per heavy atom. The van der Waals surface area contributed by atoms with Gasteiger partial charge >= 0.3 is 0 Å². The number of hydrogen-bond donors (Lipinski definition) is 1. The Hall–Kier alpha value is -2.18. The van der Waals surface area contributed by atoms with Crippen LogP contribution in [-0.4, -0.2) is 32.1 Å². The lowest BCUT2D eigenvalue weighted by atomic mass is 10.0. The number of carbonyl (C=O) groups is 1. The van der Waals surface area contributed by atoms with E-state index in [0.29, 0.717) is 18.2 Å². The molecular formula is C14H19N5O2. The zero-order valence-corrected chi connectivity index (χ0v) is 12.2. The summed E-state index contributed by atoms with van der Waals surface area (Å²) in [6, 6.07) is 1.68. The highest BCUT2D eigenvalue weighted by atomic mass is 16.5. The Labute approximate surface area is 122 Å². The molecule has 1 unspecified atom stereocenters. The predicted octanol–water partition coefficient (Wildman–Crippen LogP) is 1.60. The molecule has 2 heterocycles. The summed E-state index contributed by atoms with van der Waals surface area (Å²) in [5, 5.41) is 15.0. The third kappa shape index (κ3) is 3.29. The highest BCUT2D eigenvalue weighted by Crippen LogP contribution is 2.40. The van der Waals surface area contributed by atoms with E-state index in [1.807, 2.05) is 13.8 Å². The lowest BCUT2D eigenvalue weighted by molar-refractivity contribution is 0.0908. The normalized spacial score (nSPS) is 16.1. The monoisotopic (exact) mass is 289 g/mol. The summed E-state index contributed by atoms with van der Waals surface area (Å²) in [5.41, 5.74) is 0.343. The van der Waals surface area contributed by atoms with Crippen LogP contribution in [0, 0.1) is 5.92 Å². The second-order valence-corrected chi connectivity index (χ2v) is 5.80. The topological polar surface area (TPSA) is 85.8 Å². The number of carbonyl (C=O) groups excluding carboxylic acids is 1. The van der Waals surface area contributed by atoms with Gasteiger partial charge in [-0.2, -0.15) is 15.0 Å². The molecule has 0 spiro atoms. The number of hydrogen-bond acceptors (Lipinski definition) is 5. The second-order valence-electron chi connectivity index (χ2n) is 5.80. The highest BCUT2D eigenvalue weighted by Gasteiger charge is 2.29. The van der Waals surface area contributed by atoms with Crippen LogP contribution in [0.25, 0.3) is 0 Å². The van der Waals surface area contributed by atoms with E-state index in [0.717, 1.165) is 18.6 Å². The van der Waals surface area contributed by atoms with Crippen LogP contribution in [0.1, 0.15) is 48.9 Å². The fraction of sp³-hybridized carbons (Fsp3) is 0.571. The zero-order chi connectivity index (χ0) is 14.8. The molecule has 1 amide bonds. The van der Waals surface area contributed by atoms with Crippen LogP contribution in [0.3, 0.4) is 0 Å². The molecule has 2 aromatic rings. The van der Waals surface area contributed by atoms with Crippen LogP contribution in [-0.2, 0) is 6.54 Å². The molecule has 0 saturated heterocycles. The first-order valence-electron chi connectivity index (χ1n) is 7.25. The summed E-state index contributed by atoms with van der Waals surface area (Å²) < 4.78 is 5.22. The minimum absolute atomic E-state index is 0.0639. The van der Waals surface area contributed by atoms with Gasteiger partial charge < -0.3 is 9.84 Å². The van der Waals surface area contributed by atoms with Gasteiger partial charge in [0, 0.05) is 12.0 Å². The third-order valence-electron chi connectivity index (χ3n) is 3.69. The fourth-order valence-electron chi connectivity index (χ4n) is 2.14. The molecule has 0 bridgehead atoms. The van der Waals surface area contributed by atoms with E-state index in [-0.39, 0.29) is 17.9 Å². The summed E-state index contributed by atoms with van der Waals surface area (Å²) in [6.07, 6.45) is 5.49. The third-order valence-corrected chi connectivity index (χ3v) is 3.69. The SMILES string of the molecule is CC(C)C(Cn1nccn1)NC(=O)c1cc(C2CC2)on1. The molecule has 7 heteroatoms. The van der Waals surface area contributed by atoms with E-state index in [9.17, 15) is 4.79 Å². The van der Waals surface area contributed by atoms with Crippen molar-refractivity contribution in [2.75, 3.05) is 0 Å². The maximum atomic E-state index is 12.3. The number of nitrogens with one attached hydrogen (secondary N) is 1. The Bertz CT molecular complexity index is 601. The molecule has 112 valence electrons. The number of aromatic nitrogens is 4. The molecular weight excluding hydrogens is 270 g/mol. The van der Waals surface area contributed by atoms with Gasteiger partial charge in [0.05, 0.1) is 25.0 Å². The molecule has 7 nitrogen and oxygen atoms in total. The lowest BCUT2D eigenvalue weighted by Gasteiger charge is -2.21. The minimum Gasteiger partial charge on any atom is -0.360 e. The van der Waals surface area contributed by atoms with Gasteiger partial charge in [0.15, 0.2) is 5.69 Å². The Kier molecular flexibility index (Phi) is 3.72. The predicted molar refractivity (Wildman–Crippen MR) is 74.6 cm³/mol. The largest absolute Gasteiger partial charge is 0.360 e. The van der Waals surface area contributed by atoms with E-state index in [4.69, 9.17) is 4.52 Å². The van der Waals surface area contributed by atoms with Crippen molar-refractivity contribution in [3.05, 3.63) is 29.9 Å². The van der Waals surface area contributed by atoms with Crippen molar-refractivity contribution < 1.29 is 9.32 Å². The maximum Gasteiger partial charge on any atom is 0.273 e. The van der Waals surface area contributed by atoms with Gasteiger partial charge in [-0.25, -0.2) is 0 Å². The van der Waals surface area contributed by atoms with Gasteiger partial charge in [-0.15, -0.1) is 0 Å². The first-order chi connectivity index (χ1) is 10.1. The Balaban J connectivity index is 1.64. The van der Waals surface area contributed by atoms with Crippen LogP contribution in [0.4, 0.5) is 0 Å².